The molecule has 8 nitrogen and oxygen atoms in total. The van der Waals surface area contributed by atoms with Gasteiger partial charge in [-0.3, -0.25) is 4.79 Å². The van der Waals surface area contributed by atoms with Gasteiger partial charge in [0.25, 0.3) is 5.91 Å². The molecule has 8 heteroatoms. The Morgan fingerprint density at radius 3 is 1.98 bits per heavy atom. The fourth-order valence-corrected chi connectivity index (χ4v) is 3.82. The van der Waals surface area contributed by atoms with Gasteiger partial charge in [0, 0.05) is 5.56 Å². The van der Waals surface area contributed by atoms with Crippen molar-refractivity contribution in [3.63, 3.8) is 0 Å². The van der Waals surface area contributed by atoms with Gasteiger partial charge in [0.1, 0.15) is 17.0 Å². The number of nitrogens with one attached hydrogen (secondary N) is 1. The zero-order chi connectivity index (χ0) is 31.2. The van der Waals surface area contributed by atoms with Gasteiger partial charge in [-0.05, 0) is 84.4 Å². The first-order chi connectivity index (χ1) is 19.8. The SMILES string of the molecule is CCCCCCCCCOc1ccc(C(=O)Nc2ccccc2O/C(=C\C(=O)OC(C)(C)C)C(=O)OC(C)(C)C)cc1. The van der Waals surface area contributed by atoms with Gasteiger partial charge >= 0.3 is 11.9 Å². The van der Waals surface area contributed by atoms with Crippen molar-refractivity contribution in [1.82, 2.24) is 0 Å². The summed E-state index contributed by atoms with van der Waals surface area (Å²) in [5.74, 6) is -1.50. The number of hydrogen-bond acceptors (Lipinski definition) is 7. The molecular weight excluding hydrogens is 534 g/mol. The first-order valence-corrected chi connectivity index (χ1v) is 14.8. The van der Waals surface area contributed by atoms with Gasteiger partial charge in [0.05, 0.1) is 18.4 Å². The number of anilines is 1. The molecule has 42 heavy (non-hydrogen) atoms. The summed E-state index contributed by atoms with van der Waals surface area (Å²) in [5, 5.41) is 2.81. The van der Waals surface area contributed by atoms with Crippen LogP contribution in [0.5, 0.6) is 11.5 Å². The van der Waals surface area contributed by atoms with Crippen LogP contribution in [0.15, 0.2) is 60.4 Å². The Balaban J connectivity index is 2.07. The average molecular weight is 582 g/mol. The number of esters is 2. The average Bonchev–Trinajstić information content (AvgIpc) is 2.89. The molecule has 0 bridgehead atoms. The second-order valence-electron chi connectivity index (χ2n) is 12.1. The molecule has 0 saturated carbocycles. The Bertz CT molecular complexity index is 1190. The zero-order valence-electron chi connectivity index (χ0n) is 26.2. The van der Waals surface area contributed by atoms with Crippen molar-refractivity contribution in [2.45, 2.75) is 105 Å². The van der Waals surface area contributed by atoms with E-state index >= 15 is 0 Å². The molecule has 1 amide bonds. The maximum Gasteiger partial charge on any atom is 0.375 e. The van der Waals surface area contributed by atoms with E-state index in [0.717, 1.165) is 18.9 Å². The van der Waals surface area contributed by atoms with Crippen LogP contribution in [-0.4, -0.2) is 35.7 Å². The van der Waals surface area contributed by atoms with Crippen molar-refractivity contribution in [2.24, 2.45) is 0 Å². The van der Waals surface area contributed by atoms with Crippen LogP contribution in [0.1, 0.15) is 104 Å². The van der Waals surface area contributed by atoms with E-state index in [9.17, 15) is 14.4 Å². The van der Waals surface area contributed by atoms with Crippen LogP contribution in [0.3, 0.4) is 0 Å². The molecule has 0 radical (unpaired) electrons. The van der Waals surface area contributed by atoms with Gasteiger partial charge in [-0.1, -0.05) is 57.6 Å². The summed E-state index contributed by atoms with van der Waals surface area (Å²) < 4.78 is 22.4. The predicted octanol–water partition coefficient (Wildman–Crippen LogP) is 8.01. The first-order valence-electron chi connectivity index (χ1n) is 14.8. The molecule has 230 valence electrons. The molecule has 0 aliphatic heterocycles. The van der Waals surface area contributed by atoms with Gasteiger partial charge < -0.3 is 24.3 Å². The van der Waals surface area contributed by atoms with Gasteiger partial charge in [-0.2, -0.15) is 0 Å². The summed E-state index contributed by atoms with van der Waals surface area (Å²) in [6.45, 7) is 13.1. The summed E-state index contributed by atoms with van der Waals surface area (Å²) >= 11 is 0. The number of carbonyl (C=O) groups excluding carboxylic acids is 3. The lowest BCUT2D eigenvalue weighted by molar-refractivity contribution is -0.154. The van der Waals surface area contributed by atoms with Crippen LogP contribution in [0, 0.1) is 0 Å². The van der Waals surface area contributed by atoms with Crippen LogP contribution in [0.25, 0.3) is 0 Å². The monoisotopic (exact) mass is 581 g/mol. The molecule has 0 aromatic heterocycles. The molecule has 0 aliphatic rings. The van der Waals surface area contributed by atoms with Crippen LogP contribution < -0.4 is 14.8 Å². The maximum absolute atomic E-state index is 13.0. The lowest BCUT2D eigenvalue weighted by atomic mass is 10.1. The zero-order valence-corrected chi connectivity index (χ0v) is 26.2. The third-order valence-electron chi connectivity index (χ3n) is 5.74. The molecule has 0 saturated heterocycles. The van der Waals surface area contributed by atoms with Crippen LogP contribution in [0.4, 0.5) is 5.69 Å². The largest absolute Gasteiger partial charge is 0.494 e. The van der Waals surface area contributed by atoms with Gasteiger partial charge in [0.15, 0.2) is 5.75 Å². The summed E-state index contributed by atoms with van der Waals surface area (Å²) in [5.41, 5.74) is -0.872. The van der Waals surface area contributed by atoms with E-state index in [1.165, 1.54) is 32.1 Å². The topological polar surface area (TPSA) is 100 Å². The highest BCUT2D eigenvalue weighted by molar-refractivity contribution is 6.05. The van der Waals surface area contributed by atoms with Crippen molar-refractivity contribution in [1.29, 1.82) is 0 Å². The molecular formula is C34H47NO7. The number of rotatable bonds is 15. The maximum atomic E-state index is 13.0. The van der Waals surface area contributed by atoms with Crippen molar-refractivity contribution in [3.05, 3.63) is 65.9 Å². The van der Waals surface area contributed by atoms with Gasteiger partial charge in [0.2, 0.25) is 5.76 Å². The Labute approximate surface area is 250 Å². The lowest BCUT2D eigenvalue weighted by Gasteiger charge is -2.22. The quantitative estimate of drug-likeness (QED) is 0.0984. The van der Waals surface area contributed by atoms with E-state index < -0.39 is 23.1 Å². The molecule has 1 N–H and O–H groups in total. The molecule has 0 atom stereocenters. The van der Waals surface area contributed by atoms with Crippen LogP contribution in [-0.2, 0) is 19.1 Å². The number of para-hydroxylation sites is 2. The minimum absolute atomic E-state index is 0.154. The van der Waals surface area contributed by atoms with E-state index in [1.807, 2.05) is 0 Å². The molecule has 2 aromatic rings. The molecule has 0 heterocycles. The van der Waals surface area contributed by atoms with E-state index in [0.29, 0.717) is 23.6 Å². The normalized spacial score (nSPS) is 11.9. The van der Waals surface area contributed by atoms with Crippen LogP contribution in [0.2, 0.25) is 0 Å². The fourth-order valence-electron chi connectivity index (χ4n) is 3.82. The van der Waals surface area contributed by atoms with Crippen molar-refractivity contribution < 1.29 is 33.3 Å². The third-order valence-corrected chi connectivity index (χ3v) is 5.74. The summed E-state index contributed by atoms with van der Waals surface area (Å²) in [4.78, 5) is 38.4. The Hall–Kier alpha value is -3.81. The van der Waals surface area contributed by atoms with Crippen molar-refractivity contribution in [3.8, 4) is 11.5 Å². The second-order valence-corrected chi connectivity index (χ2v) is 12.1. The highest BCUT2D eigenvalue weighted by Gasteiger charge is 2.25. The summed E-state index contributed by atoms with van der Waals surface area (Å²) in [7, 11) is 0. The standard InChI is InChI=1S/C34H47NO7/c1-8-9-10-11-12-13-16-23-39-26-21-19-25(20-22-26)31(37)35-27-17-14-15-18-28(27)40-29(32(38)42-34(5,6)7)24-30(36)41-33(2,3)4/h14-15,17-22,24H,8-13,16,23H2,1-7H3,(H,35,37)/b29-24-. The van der Waals surface area contributed by atoms with Crippen LogP contribution >= 0.6 is 0 Å². The second kappa shape index (κ2) is 16.6. The minimum atomic E-state index is -0.846. The Morgan fingerprint density at radius 1 is 0.762 bits per heavy atom. The number of carbonyl (C=O) groups is 3. The van der Waals surface area contributed by atoms with Crippen molar-refractivity contribution >= 4 is 23.5 Å². The lowest BCUT2D eigenvalue weighted by Crippen LogP contribution is -2.28. The Morgan fingerprint density at radius 2 is 1.36 bits per heavy atom. The van der Waals surface area contributed by atoms with Gasteiger partial charge in [-0.25, -0.2) is 9.59 Å². The smallest absolute Gasteiger partial charge is 0.375 e. The number of ether oxygens (including phenoxy) is 4. The highest BCUT2D eigenvalue weighted by Crippen LogP contribution is 2.28. The summed E-state index contributed by atoms with van der Waals surface area (Å²) in [6, 6.07) is 13.5. The first kappa shape index (κ1) is 34.4. The number of benzene rings is 2. The minimum Gasteiger partial charge on any atom is -0.494 e. The summed E-state index contributed by atoms with van der Waals surface area (Å²) in [6.07, 6.45) is 9.44. The number of amides is 1. The number of hydrogen-bond donors (Lipinski definition) is 1. The molecule has 0 aliphatic carbocycles. The molecule has 0 spiro atoms. The molecule has 2 rings (SSSR count). The van der Waals surface area contributed by atoms with E-state index in [-0.39, 0.29) is 17.4 Å². The van der Waals surface area contributed by atoms with E-state index in [2.05, 4.69) is 12.2 Å². The Kier molecular flexibility index (Phi) is 13.6. The molecule has 0 unspecified atom stereocenters. The van der Waals surface area contributed by atoms with Gasteiger partial charge in [-0.15, -0.1) is 0 Å². The fraction of sp³-hybridized carbons (Fsp3) is 0.500. The predicted molar refractivity (Wildman–Crippen MR) is 165 cm³/mol. The molecule has 2 aromatic carbocycles. The highest BCUT2D eigenvalue weighted by atomic mass is 16.6. The number of unbranched alkanes of at least 4 members (excludes halogenated alkanes) is 6. The van der Waals surface area contributed by atoms with E-state index in [4.69, 9.17) is 18.9 Å². The van der Waals surface area contributed by atoms with E-state index in [1.54, 1.807) is 90.1 Å². The van der Waals surface area contributed by atoms with Crippen molar-refractivity contribution in [2.75, 3.05) is 11.9 Å². The molecule has 0 fully saturated rings. The third kappa shape index (κ3) is 13.7.